The Morgan fingerprint density at radius 1 is 1.47 bits per heavy atom. The zero-order chi connectivity index (χ0) is 14.1. The molecule has 0 radical (unpaired) electrons. The molecule has 0 unspecified atom stereocenters. The van der Waals surface area contributed by atoms with Crippen LogP contribution in [0.25, 0.3) is 0 Å². The fourth-order valence-corrected chi connectivity index (χ4v) is 1.57. The molecule has 0 fully saturated rings. The van der Waals surface area contributed by atoms with Crippen LogP contribution in [0, 0.1) is 18.8 Å². The van der Waals surface area contributed by atoms with Crippen LogP contribution < -0.4 is 11.1 Å². The van der Waals surface area contributed by atoms with Gasteiger partial charge in [0.2, 0.25) is 0 Å². The summed E-state index contributed by atoms with van der Waals surface area (Å²) in [6.07, 6.45) is 0. The molecule has 1 aromatic carbocycles. The molecule has 0 aliphatic rings. The average molecular weight is 260 g/mol. The predicted molar refractivity (Wildman–Crippen MR) is 75.9 cm³/mol. The molecule has 0 spiro atoms. The Kier molecular flexibility index (Phi) is 6.65. The van der Waals surface area contributed by atoms with E-state index in [0.29, 0.717) is 31.9 Å². The molecule has 1 rings (SSSR count). The fourth-order valence-electron chi connectivity index (χ4n) is 1.57. The Morgan fingerprint density at radius 3 is 2.89 bits per heavy atom. The minimum absolute atomic E-state index is 0.0962. The van der Waals surface area contributed by atoms with Gasteiger partial charge in [-0.05, 0) is 37.6 Å². The van der Waals surface area contributed by atoms with Gasteiger partial charge in [0.05, 0.1) is 13.2 Å². The molecule has 4 heteroatoms. The summed E-state index contributed by atoms with van der Waals surface area (Å²) in [7, 11) is 0. The summed E-state index contributed by atoms with van der Waals surface area (Å²) >= 11 is 0. The van der Waals surface area contributed by atoms with Crippen molar-refractivity contribution in [2.75, 3.05) is 26.3 Å². The SMILES string of the molecule is CCOCCNC(=O)c1ccc(C#CCN)c(C)c1. The highest BCUT2D eigenvalue weighted by atomic mass is 16.5. The summed E-state index contributed by atoms with van der Waals surface area (Å²) in [6.45, 7) is 5.88. The number of carbonyl (C=O) groups excluding carboxylic acids is 1. The lowest BCUT2D eigenvalue weighted by atomic mass is 10.0. The minimum Gasteiger partial charge on any atom is -0.380 e. The van der Waals surface area contributed by atoms with E-state index < -0.39 is 0 Å². The van der Waals surface area contributed by atoms with Gasteiger partial charge in [-0.15, -0.1) is 0 Å². The van der Waals surface area contributed by atoms with E-state index in [9.17, 15) is 4.79 Å². The van der Waals surface area contributed by atoms with Crippen molar-refractivity contribution < 1.29 is 9.53 Å². The third-order valence-electron chi connectivity index (χ3n) is 2.55. The summed E-state index contributed by atoms with van der Waals surface area (Å²) in [5.41, 5.74) is 7.84. The third kappa shape index (κ3) is 5.12. The van der Waals surface area contributed by atoms with Crippen molar-refractivity contribution in [1.82, 2.24) is 5.32 Å². The van der Waals surface area contributed by atoms with E-state index in [1.54, 1.807) is 6.07 Å². The number of amides is 1. The van der Waals surface area contributed by atoms with Crippen LogP contribution in [0.5, 0.6) is 0 Å². The molecule has 0 aliphatic heterocycles. The van der Waals surface area contributed by atoms with Gasteiger partial charge in [-0.25, -0.2) is 0 Å². The maximum atomic E-state index is 11.9. The van der Waals surface area contributed by atoms with Crippen molar-refractivity contribution in [2.45, 2.75) is 13.8 Å². The quantitative estimate of drug-likeness (QED) is 0.615. The van der Waals surface area contributed by atoms with Crippen molar-refractivity contribution >= 4 is 5.91 Å². The second-order valence-corrected chi connectivity index (χ2v) is 3.99. The Hall–Kier alpha value is -1.83. The van der Waals surface area contributed by atoms with Crippen LogP contribution in [-0.4, -0.2) is 32.2 Å². The first-order valence-corrected chi connectivity index (χ1v) is 6.34. The standard InChI is InChI=1S/C15H20N2O2/c1-3-19-10-9-17-15(18)14-7-6-13(5-4-8-16)12(2)11-14/h6-7,11H,3,8-10,16H2,1-2H3,(H,17,18). The van der Waals surface area contributed by atoms with E-state index in [4.69, 9.17) is 10.5 Å². The summed E-state index contributed by atoms with van der Waals surface area (Å²) in [4.78, 5) is 11.9. The molecule has 1 aromatic rings. The number of benzene rings is 1. The summed E-state index contributed by atoms with van der Waals surface area (Å²) in [6, 6.07) is 5.44. The van der Waals surface area contributed by atoms with E-state index in [2.05, 4.69) is 17.2 Å². The number of aryl methyl sites for hydroxylation is 1. The lowest BCUT2D eigenvalue weighted by molar-refractivity contribution is 0.0922. The first kappa shape index (κ1) is 15.2. The smallest absolute Gasteiger partial charge is 0.251 e. The lowest BCUT2D eigenvalue weighted by Gasteiger charge is -2.07. The van der Waals surface area contributed by atoms with Gasteiger partial charge in [0.1, 0.15) is 0 Å². The molecule has 0 saturated heterocycles. The van der Waals surface area contributed by atoms with E-state index >= 15 is 0 Å². The van der Waals surface area contributed by atoms with Gasteiger partial charge >= 0.3 is 0 Å². The van der Waals surface area contributed by atoms with Gasteiger partial charge < -0.3 is 15.8 Å². The highest BCUT2D eigenvalue weighted by Crippen LogP contribution is 2.10. The van der Waals surface area contributed by atoms with Gasteiger partial charge in [0, 0.05) is 24.3 Å². The maximum absolute atomic E-state index is 11.9. The van der Waals surface area contributed by atoms with Crippen molar-refractivity contribution in [2.24, 2.45) is 5.73 Å². The summed E-state index contributed by atoms with van der Waals surface area (Å²) in [5.74, 6) is 5.68. The van der Waals surface area contributed by atoms with Crippen molar-refractivity contribution in [1.29, 1.82) is 0 Å². The number of ether oxygens (including phenoxy) is 1. The molecule has 4 nitrogen and oxygen atoms in total. The first-order valence-electron chi connectivity index (χ1n) is 6.34. The Balaban J connectivity index is 2.64. The van der Waals surface area contributed by atoms with Crippen LogP contribution in [0.15, 0.2) is 18.2 Å². The molecule has 1 amide bonds. The maximum Gasteiger partial charge on any atom is 0.251 e. The van der Waals surface area contributed by atoms with Crippen molar-refractivity contribution in [3.8, 4) is 11.8 Å². The molecule has 0 atom stereocenters. The van der Waals surface area contributed by atoms with E-state index in [1.165, 1.54) is 0 Å². The first-order chi connectivity index (χ1) is 9.19. The zero-order valence-electron chi connectivity index (χ0n) is 11.5. The minimum atomic E-state index is -0.0962. The number of rotatable bonds is 5. The van der Waals surface area contributed by atoms with Gasteiger partial charge in [-0.1, -0.05) is 11.8 Å². The summed E-state index contributed by atoms with van der Waals surface area (Å²) < 4.78 is 5.16. The van der Waals surface area contributed by atoms with Crippen LogP contribution in [0.1, 0.15) is 28.4 Å². The van der Waals surface area contributed by atoms with E-state index in [-0.39, 0.29) is 5.91 Å². The Bertz CT molecular complexity index is 487. The number of hydrogen-bond donors (Lipinski definition) is 2. The van der Waals surface area contributed by atoms with Crippen molar-refractivity contribution in [3.63, 3.8) is 0 Å². The summed E-state index contributed by atoms with van der Waals surface area (Å²) in [5, 5.41) is 2.80. The molecule has 0 heterocycles. The third-order valence-corrected chi connectivity index (χ3v) is 2.55. The monoisotopic (exact) mass is 260 g/mol. The van der Waals surface area contributed by atoms with Gasteiger partial charge in [-0.3, -0.25) is 4.79 Å². The molecular weight excluding hydrogens is 240 g/mol. The molecule has 0 aliphatic carbocycles. The highest BCUT2D eigenvalue weighted by Gasteiger charge is 2.06. The van der Waals surface area contributed by atoms with Crippen LogP contribution in [-0.2, 0) is 4.74 Å². The van der Waals surface area contributed by atoms with E-state index in [0.717, 1.165) is 11.1 Å². The van der Waals surface area contributed by atoms with Gasteiger partial charge in [0.15, 0.2) is 0 Å². The molecule has 0 bridgehead atoms. The largest absolute Gasteiger partial charge is 0.380 e. The lowest BCUT2D eigenvalue weighted by Crippen LogP contribution is -2.27. The zero-order valence-corrected chi connectivity index (χ0v) is 11.5. The predicted octanol–water partition coefficient (Wildman–Crippen LogP) is 1.07. The molecule has 19 heavy (non-hydrogen) atoms. The topological polar surface area (TPSA) is 64.3 Å². The Labute approximate surface area is 114 Å². The normalized spacial score (nSPS) is 9.63. The highest BCUT2D eigenvalue weighted by molar-refractivity contribution is 5.94. The van der Waals surface area contributed by atoms with E-state index in [1.807, 2.05) is 26.0 Å². The number of nitrogens with two attached hydrogens (primary N) is 1. The van der Waals surface area contributed by atoms with Crippen LogP contribution in [0.3, 0.4) is 0 Å². The average Bonchev–Trinajstić information content (AvgIpc) is 2.42. The number of hydrogen-bond acceptors (Lipinski definition) is 3. The number of nitrogens with one attached hydrogen (secondary N) is 1. The second-order valence-electron chi connectivity index (χ2n) is 3.99. The molecular formula is C15H20N2O2. The van der Waals surface area contributed by atoms with Crippen LogP contribution >= 0.6 is 0 Å². The fraction of sp³-hybridized carbons (Fsp3) is 0.400. The van der Waals surface area contributed by atoms with Gasteiger partial charge in [0.25, 0.3) is 5.91 Å². The molecule has 102 valence electrons. The van der Waals surface area contributed by atoms with Crippen LogP contribution in [0.4, 0.5) is 0 Å². The Morgan fingerprint density at radius 2 is 2.26 bits per heavy atom. The molecule has 0 aromatic heterocycles. The molecule has 3 N–H and O–H groups in total. The van der Waals surface area contributed by atoms with Crippen molar-refractivity contribution in [3.05, 3.63) is 34.9 Å². The van der Waals surface area contributed by atoms with Gasteiger partial charge in [-0.2, -0.15) is 0 Å². The second kappa shape index (κ2) is 8.30. The molecule has 0 saturated carbocycles. The number of carbonyl (C=O) groups is 1. The van der Waals surface area contributed by atoms with Crippen LogP contribution in [0.2, 0.25) is 0 Å².